The van der Waals surface area contributed by atoms with Crippen LogP contribution in [0.2, 0.25) is 0 Å². The lowest BCUT2D eigenvalue weighted by molar-refractivity contribution is -0.385. The summed E-state index contributed by atoms with van der Waals surface area (Å²) >= 11 is 0. The third-order valence-corrected chi connectivity index (χ3v) is 4.01. The number of nitro groups is 1. The van der Waals surface area contributed by atoms with Gasteiger partial charge in [0.05, 0.1) is 4.92 Å². The summed E-state index contributed by atoms with van der Waals surface area (Å²) in [5.41, 5.74) is 1.88. The molecule has 120 valence electrons. The number of benzene rings is 1. The van der Waals surface area contributed by atoms with E-state index in [1.807, 2.05) is 25.1 Å². The van der Waals surface area contributed by atoms with Gasteiger partial charge in [-0.25, -0.2) is 9.97 Å². The minimum Gasteiger partial charge on any atom is -0.366 e. The van der Waals surface area contributed by atoms with Gasteiger partial charge in [-0.15, -0.1) is 0 Å². The number of nitro benzene ring substituents is 1. The van der Waals surface area contributed by atoms with Crippen LogP contribution in [0.4, 0.5) is 11.5 Å². The van der Waals surface area contributed by atoms with Crippen LogP contribution in [0.3, 0.4) is 0 Å². The monoisotopic (exact) mass is 313 g/mol. The van der Waals surface area contributed by atoms with Crippen LogP contribution < -0.4 is 5.32 Å². The number of rotatable bonds is 5. The molecule has 23 heavy (non-hydrogen) atoms. The van der Waals surface area contributed by atoms with Crippen molar-refractivity contribution in [1.29, 1.82) is 0 Å². The van der Waals surface area contributed by atoms with Crippen molar-refractivity contribution in [3.05, 3.63) is 58.0 Å². The molecule has 0 aliphatic carbocycles. The van der Waals surface area contributed by atoms with E-state index in [9.17, 15) is 10.1 Å². The van der Waals surface area contributed by atoms with Gasteiger partial charge in [0, 0.05) is 49.1 Å². The van der Waals surface area contributed by atoms with E-state index in [2.05, 4.69) is 20.2 Å². The van der Waals surface area contributed by atoms with E-state index < -0.39 is 0 Å². The van der Waals surface area contributed by atoms with Crippen LogP contribution in [0.5, 0.6) is 0 Å². The molecule has 2 aromatic rings. The lowest BCUT2D eigenvalue weighted by Crippen LogP contribution is -2.26. The van der Waals surface area contributed by atoms with Crippen molar-refractivity contribution in [1.82, 2.24) is 14.9 Å². The molecule has 7 nitrogen and oxygen atoms in total. The fourth-order valence-corrected chi connectivity index (χ4v) is 2.90. The first kappa shape index (κ1) is 15.4. The van der Waals surface area contributed by atoms with E-state index >= 15 is 0 Å². The Balaban J connectivity index is 1.61. The van der Waals surface area contributed by atoms with Gasteiger partial charge in [-0.1, -0.05) is 18.2 Å². The molecule has 1 fully saturated rings. The standard InChI is InChI=1S/C16H19N5O2/c1-12-8-16(18-11-17-12)19-14-6-7-20(10-14)9-13-4-2-3-5-15(13)21(22)23/h2-5,8,11,14H,6-7,9-10H2,1H3,(H,17,18,19). The van der Waals surface area contributed by atoms with Crippen molar-refractivity contribution in [2.45, 2.75) is 25.9 Å². The molecule has 1 aliphatic rings. The van der Waals surface area contributed by atoms with Gasteiger partial charge in [0.25, 0.3) is 5.69 Å². The van der Waals surface area contributed by atoms with Gasteiger partial charge < -0.3 is 5.32 Å². The number of hydrogen-bond acceptors (Lipinski definition) is 6. The van der Waals surface area contributed by atoms with Crippen molar-refractivity contribution >= 4 is 11.5 Å². The van der Waals surface area contributed by atoms with Crippen LogP contribution in [0.1, 0.15) is 17.7 Å². The molecule has 1 atom stereocenters. The van der Waals surface area contributed by atoms with Crippen LogP contribution in [0, 0.1) is 17.0 Å². The molecule has 1 saturated heterocycles. The number of anilines is 1. The number of nitrogens with zero attached hydrogens (tertiary/aromatic N) is 4. The SMILES string of the molecule is Cc1cc(NC2CCN(Cc3ccccc3[N+](=O)[O-])C2)ncn1. The molecule has 7 heteroatoms. The molecule has 0 saturated carbocycles. The van der Waals surface area contributed by atoms with E-state index in [1.54, 1.807) is 18.5 Å². The third kappa shape index (κ3) is 3.81. The van der Waals surface area contributed by atoms with Gasteiger partial charge in [-0.2, -0.15) is 0 Å². The van der Waals surface area contributed by atoms with E-state index in [-0.39, 0.29) is 10.6 Å². The van der Waals surface area contributed by atoms with Crippen LogP contribution >= 0.6 is 0 Å². The van der Waals surface area contributed by atoms with E-state index in [1.165, 1.54) is 0 Å². The lowest BCUT2D eigenvalue weighted by Gasteiger charge is -2.17. The Kier molecular flexibility index (Phi) is 4.47. The predicted octanol–water partition coefficient (Wildman–Crippen LogP) is 2.38. The minimum atomic E-state index is -0.315. The Morgan fingerprint density at radius 3 is 3.00 bits per heavy atom. The summed E-state index contributed by atoms with van der Waals surface area (Å²) in [7, 11) is 0. The first-order valence-electron chi connectivity index (χ1n) is 7.61. The molecule has 1 aromatic heterocycles. The zero-order valence-electron chi connectivity index (χ0n) is 13.0. The highest BCUT2D eigenvalue weighted by atomic mass is 16.6. The summed E-state index contributed by atoms with van der Waals surface area (Å²) in [6.45, 7) is 4.28. The number of aryl methyl sites for hydroxylation is 1. The largest absolute Gasteiger partial charge is 0.366 e. The Morgan fingerprint density at radius 1 is 1.39 bits per heavy atom. The molecule has 0 amide bonds. The molecule has 1 aliphatic heterocycles. The fourth-order valence-electron chi connectivity index (χ4n) is 2.90. The molecule has 3 rings (SSSR count). The number of hydrogen-bond donors (Lipinski definition) is 1. The van der Waals surface area contributed by atoms with Gasteiger partial charge in [0.15, 0.2) is 0 Å². The molecule has 1 unspecified atom stereocenters. The van der Waals surface area contributed by atoms with E-state index in [4.69, 9.17) is 0 Å². The van der Waals surface area contributed by atoms with Gasteiger partial charge in [-0.3, -0.25) is 15.0 Å². The molecule has 1 aromatic carbocycles. The number of nitrogens with one attached hydrogen (secondary N) is 1. The summed E-state index contributed by atoms with van der Waals surface area (Å²) in [4.78, 5) is 21.3. The lowest BCUT2D eigenvalue weighted by atomic mass is 10.1. The van der Waals surface area contributed by atoms with Crippen molar-refractivity contribution < 1.29 is 4.92 Å². The minimum absolute atomic E-state index is 0.190. The highest BCUT2D eigenvalue weighted by Crippen LogP contribution is 2.22. The maximum atomic E-state index is 11.1. The molecule has 0 spiro atoms. The molecule has 2 heterocycles. The zero-order chi connectivity index (χ0) is 16.2. The Bertz CT molecular complexity index is 706. The maximum absolute atomic E-state index is 11.1. The molecule has 1 N–H and O–H groups in total. The smallest absolute Gasteiger partial charge is 0.273 e. The summed E-state index contributed by atoms with van der Waals surface area (Å²) in [5, 5.41) is 14.5. The van der Waals surface area contributed by atoms with Crippen LogP contribution in [-0.2, 0) is 6.54 Å². The first-order chi connectivity index (χ1) is 11.1. The van der Waals surface area contributed by atoms with Crippen LogP contribution in [0.15, 0.2) is 36.7 Å². The highest BCUT2D eigenvalue weighted by molar-refractivity contribution is 5.40. The average Bonchev–Trinajstić information content (AvgIpc) is 2.94. The molecule has 0 bridgehead atoms. The molecular formula is C16H19N5O2. The number of likely N-dealkylation sites (tertiary alicyclic amines) is 1. The van der Waals surface area contributed by atoms with Gasteiger partial charge in [0.2, 0.25) is 0 Å². The van der Waals surface area contributed by atoms with Crippen LogP contribution in [0.25, 0.3) is 0 Å². The Hall–Kier alpha value is -2.54. The van der Waals surface area contributed by atoms with Gasteiger partial charge in [-0.05, 0) is 13.3 Å². The molecule has 0 radical (unpaired) electrons. The van der Waals surface area contributed by atoms with Crippen molar-refractivity contribution in [2.75, 3.05) is 18.4 Å². The van der Waals surface area contributed by atoms with E-state index in [0.29, 0.717) is 12.6 Å². The number of para-hydroxylation sites is 1. The zero-order valence-corrected chi connectivity index (χ0v) is 13.0. The second kappa shape index (κ2) is 6.70. The number of aromatic nitrogens is 2. The fraction of sp³-hybridized carbons (Fsp3) is 0.375. The quantitative estimate of drug-likeness (QED) is 0.674. The summed E-state index contributed by atoms with van der Waals surface area (Å²) < 4.78 is 0. The van der Waals surface area contributed by atoms with Crippen molar-refractivity contribution in [2.24, 2.45) is 0 Å². The predicted molar refractivity (Wildman–Crippen MR) is 87.2 cm³/mol. The Morgan fingerprint density at radius 2 is 2.22 bits per heavy atom. The first-order valence-corrected chi connectivity index (χ1v) is 7.61. The van der Waals surface area contributed by atoms with Gasteiger partial charge in [0.1, 0.15) is 12.1 Å². The second-order valence-corrected chi connectivity index (χ2v) is 5.80. The van der Waals surface area contributed by atoms with Crippen LogP contribution in [-0.4, -0.2) is 38.9 Å². The average molecular weight is 313 g/mol. The summed E-state index contributed by atoms with van der Waals surface area (Å²) in [5.74, 6) is 0.829. The third-order valence-electron chi connectivity index (χ3n) is 4.01. The second-order valence-electron chi connectivity index (χ2n) is 5.80. The Labute approximate surface area is 134 Å². The maximum Gasteiger partial charge on any atom is 0.273 e. The summed E-state index contributed by atoms with van der Waals surface area (Å²) in [6.07, 6.45) is 2.54. The summed E-state index contributed by atoms with van der Waals surface area (Å²) in [6, 6.07) is 9.15. The normalized spacial score (nSPS) is 18.0. The highest BCUT2D eigenvalue weighted by Gasteiger charge is 2.24. The van der Waals surface area contributed by atoms with E-state index in [0.717, 1.165) is 36.6 Å². The molecular weight excluding hydrogens is 294 g/mol. The van der Waals surface area contributed by atoms with Crippen molar-refractivity contribution in [3.8, 4) is 0 Å². The van der Waals surface area contributed by atoms with Crippen molar-refractivity contribution in [3.63, 3.8) is 0 Å². The topological polar surface area (TPSA) is 84.2 Å². The van der Waals surface area contributed by atoms with Gasteiger partial charge >= 0.3 is 0 Å².